The highest BCUT2D eigenvalue weighted by Crippen LogP contribution is 2.35. The first-order valence-corrected chi connectivity index (χ1v) is 10.3. The Bertz CT molecular complexity index is 1060. The van der Waals surface area contributed by atoms with E-state index in [1.165, 1.54) is 0 Å². The Balaban J connectivity index is 1.51. The van der Waals surface area contributed by atoms with Crippen LogP contribution < -0.4 is 18.9 Å². The summed E-state index contributed by atoms with van der Waals surface area (Å²) in [5.74, 6) is 4.28. The van der Waals surface area contributed by atoms with Crippen molar-refractivity contribution in [3.8, 4) is 34.5 Å². The molecule has 0 unspecified atom stereocenters. The lowest BCUT2D eigenvalue weighted by Crippen LogP contribution is -2.23. The molecule has 7 nitrogen and oxygen atoms in total. The van der Waals surface area contributed by atoms with Gasteiger partial charge in [-0.25, -0.2) is 4.98 Å². The van der Waals surface area contributed by atoms with Crippen LogP contribution >= 0.6 is 0 Å². The topological polar surface area (TPSA) is 66.2 Å². The van der Waals surface area contributed by atoms with Crippen molar-refractivity contribution in [1.29, 1.82) is 0 Å². The number of methoxy groups -OCH3 is 2. The van der Waals surface area contributed by atoms with E-state index in [9.17, 15) is 0 Å². The SMILES string of the molecule is COc1ccc(-c2nc(CN(C)[C@H](C)c3ccc4c(c3)OCCO4)c(C)o2)cc1OC. The van der Waals surface area contributed by atoms with E-state index in [2.05, 4.69) is 31.0 Å². The summed E-state index contributed by atoms with van der Waals surface area (Å²) in [4.78, 5) is 6.98. The molecule has 2 heterocycles. The normalized spacial score (nSPS) is 13.9. The van der Waals surface area contributed by atoms with Gasteiger partial charge in [0.2, 0.25) is 5.89 Å². The monoisotopic (exact) mass is 424 g/mol. The summed E-state index contributed by atoms with van der Waals surface area (Å²) in [6, 6.07) is 11.9. The van der Waals surface area contributed by atoms with Gasteiger partial charge in [0.1, 0.15) is 19.0 Å². The Hall–Kier alpha value is -3.19. The van der Waals surface area contributed by atoms with Crippen molar-refractivity contribution < 1.29 is 23.4 Å². The van der Waals surface area contributed by atoms with E-state index in [-0.39, 0.29) is 6.04 Å². The second kappa shape index (κ2) is 8.89. The molecule has 7 heteroatoms. The van der Waals surface area contributed by atoms with Crippen LogP contribution in [0.5, 0.6) is 23.0 Å². The van der Waals surface area contributed by atoms with Crippen LogP contribution in [0, 0.1) is 6.92 Å². The molecular formula is C24H28N2O5. The third kappa shape index (κ3) is 4.32. The summed E-state index contributed by atoms with van der Waals surface area (Å²) < 4.78 is 28.0. The van der Waals surface area contributed by atoms with Crippen molar-refractivity contribution >= 4 is 0 Å². The Kier molecular flexibility index (Phi) is 6.04. The Morgan fingerprint density at radius 2 is 1.74 bits per heavy atom. The maximum absolute atomic E-state index is 5.96. The first-order chi connectivity index (χ1) is 15.0. The van der Waals surface area contributed by atoms with Crippen LogP contribution in [0.3, 0.4) is 0 Å². The van der Waals surface area contributed by atoms with Crippen LogP contribution in [0.15, 0.2) is 40.8 Å². The van der Waals surface area contributed by atoms with Crippen molar-refractivity contribution in [1.82, 2.24) is 9.88 Å². The molecule has 3 aromatic rings. The van der Waals surface area contributed by atoms with E-state index in [0.29, 0.717) is 37.1 Å². The van der Waals surface area contributed by atoms with Crippen LogP contribution in [-0.4, -0.2) is 44.4 Å². The minimum Gasteiger partial charge on any atom is -0.493 e. The fraction of sp³-hybridized carbons (Fsp3) is 0.375. The van der Waals surface area contributed by atoms with E-state index in [1.54, 1.807) is 14.2 Å². The van der Waals surface area contributed by atoms with Gasteiger partial charge in [-0.3, -0.25) is 4.90 Å². The van der Waals surface area contributed by atoms with E-state index in [0.717, 1.165) is 34.1 Å². The van der Waals surface area contributed by atoms with Crippen molar-refractivity contribution in [2.24, 2.45) is 0 Å². The van der Waals surface area contributed by atoms with E-state index < -0.39 is 0 Å². The van der Waals surface area contributed by atoms with Crippen LogP contribution in [0.25, 0.3) is 11.5 Å². The van der Waals surface area contributed by atoms with Crippen molar-refractivity contribution in [2.75, 3.05) is 34.5 Å². The van der Waals surface area contributed by atoms with Gasteiger partial charge in [-0.15, -0.1) is 0 Å². The van der Waals surface area contributed by atoms with Gasteiger partial charge in [-0.1, -0.05) is 6.07 Å². The second-order valence-corrected chi connectivity index (χ2v) is 7.59. The summed E-state index contributed by atoms with van der Waals surface area (Å²) in [6.45, 7) is 5.93. The van der Waals surface area contributed by atoms with Gasteiger partial charge in [0.15, 0.2) is 23.0 Å². The van der Waals surface area contributed by atoms with Gasteiger partial charge in [-0.05, 0) is 56.8 Å². The molecule has 164 valence electrons. The average molecular weight is 424 g/mol. The highest BCUT2D eigenvalue weighted by atomic mass is 16.6. The van der Waals surface area contributed by atoms with Crippen molar-refractivity contribution in [3.63, 3.8) is 0 Å². The van der Waals surface area contributed by atoms with Crippen molar-refractivity contribution in [2.45, 2.75) is 26.4 Å². The van der Waals surface area contributed by atoms with E-state index in [4.69, 9.17) is 28.3 Å². The number of nitrogens with zero attached hydrogens (tertiary/aromatic N) is 2. The van der Waals surface area contributed by atoms with Gasteiger partial charge < -0.3 is 23.4 Å². The Morgan fingerprint density at radius 3 is 2.48 bits per heavy atom. The number of hydrogen-bond donors (Lipinski definition) is 0. The lowest BCUT2D eigenvalue weighted by molar-refractivity contribution is 0.170. The van der Waals surface area contributed by atoms with E-state index in [1.807, 2.05) is 31.2 Å². The minimum atomic E-state index is 0.163. The number of fused-ring (bicyclic) bond motifs is 1. The largest absolute Gasteiger partial charge is 0.493 e. The molecule has 0 amide bonds. The number of rotatable bonds is 7. The molecule has 2 aromatic carbocycles. The van der Waals surface area contributed by atoms with Gasteiger partial charge >= 0.3 is 0 Å². The summed E-state index contributed by atoms with van der Waals surface area (Å²) in [6.07, 6.45) is 0. The molecule has 4 rings (SSSR count). The molecule has 0 spiro atoms. The summed E-state index contributed by atoms with van der Waals surface area (Å²) in [5, 5.41) is 0. The quantitative estimate of drug-likeness (QED) is 0.548. The highest BCUT2D eigenvalue weighted by Gasteiger charge is 2.20. The molecule has 1 aliphatic rings. The van der Waals surface area contributed by atoms with Gasteiger partial charge in [0.25, 0.3) is 0 Å². The average Bonchev–Trinajstić information content (AvgIpc) is 3.17. The molecule has 1 aliphatic heterocycles. The zero-order valence-corrected chi connectivity index (χ0v) is 18.6. The zero-order valence-electron chi connectivity index (χ0n) is 18.6. The fourth-order valence-electron chi connectivity index (χ4n) is 3.61. The first kappa shape index (κ1) is 21.1. The predicted molar refractivity (Wildman–Crippen MR) is 117 cm³/mol. The third-order valence-electron chi connectivity index (χ3n) is 5.63. The fourth-order valence-corrected chi connectivity index (χ4v) is 3.61. The molecule has 31 heavy (non-hydrogen) atoms. The molecule has 0 saturated carbocycles. The summed E-state index contributed by atoms with van der Waals surface area (Å²) >= 11 is 0. The maximum Gasteiger partial charge on any atom is 0.226 e. The Morgan fingerprint density at radius 1 is 1.00 bits per heavy atom. The van der Waals surface area contributed by atoms with Gasteiger partial charge in [0, 0.05) is 18.2 Å². The first-order valence-electron chi connectivity index (χ1n) is 10.3. The summed E-state index contributed by atoms with van der Waals surface area (Å²) in [5.41, 5.74) is 2.90. The standard InChI is InChI=1S/C24H28N2O5/c1-15(17-6-9-21-23(12-17)30-11-10-29-21)26(3)14-19-16(2)31-24(25-19)18-7-8-20(27-4)22(13-18)28-5/h6-9,12-13,15H,10-11,14H2,1-5H3/t15-/m1/s1. The molecule has 1 atom stereocenters. The number of aromatic nitrogens is 1. The van der Waals surface area contributed by atoms with Crippen LogP contribution in [0.2, 0.25) is 0 Å². The van der Waals surface area contributed by atoms with E-state index >= 15 is 0 Å². The molecule has 0 aliphatic carbocycles. The lowest BCUT2D eigenvalue weighted by Gasteiger charge is -2.26. The van der Waals surface area contributed by atoms with Crippen LogP contribution in [0.1, 0.15) is 30.0 Å². The number of oxazole rings is 1. The second-order valence-electron chi connectivity index (χ2n) is 7.59. The predicted octanol–water partition coefficient (Wildman–Crippen LogP) is 4.63. The zero-order chi connectivity index (χ0) is 22.0. The highest BCUT2D eigenvalue weighted by molar-refractivity contribution is 5.60. The molecule has 0 saturated heterocycles. The van der Waals surface area contributed by atoms with Gasteiger partial charge in [0.05, 0.1) is 19.9 Å². The molecule has 0 fully saturated rings. The Labute approximate surface area is 182 Å². The molecule has 0 N–H and O–H groups in total. The lowest BCUT2D eigenvalue weighted by atomic mass is 10.1. The molecule has 0 bridgehead atoms. The number of aryl methyl sites for hydroxylation is 1. The molecule has 0 radical (unpaired) electrons. The minimum absolute atomic E-state index is 0.163. The number of benzene rings is 2. The summed E-state index contributed by atoms with van der Waals surface area (Å²) in [7, 11) is 5.30. The number of hydrogen-bond acceptors (Lipinski definition) is 7. The molecular weight excluding hydrogens is 396 g/mol. The van der Waals surface area contributed by atoms with Gasteiger partial charge in [-0.2, -0.15) is 0 Å². The smallest absolute Gasteiger partial charge is 0.226 e. The maximum atomic E-state index is 5.96. The van der Waals surface area contributed by atoms with Crippen LogP contribution in [-0.2, 0) is 6.54 Å². The van der Waals surface area contributed by atoms with Crippen molar-refractivity contribution in [3.05, 3.63) is 53.4 Å². The molecule has 1 aromatic heterocycles. The number of ether oxygens (including phenoxy) is 4. The van der Waals surface area contributed by atoms with Crippen LogP contribution in [0.4, 0.5) is 0 Å². The third-order valence-corrected chi connectivity index (χ3v) is 5.63.